The SMILES string of the molecule is CCCCCCCCCN1CCCCC1C=O. The van der Waals surface area contributed by atoms with Crippen molar-refractivity contribution in [2.45, 2.75) is 77.2 Å². The van der Waals surface area contributed by atoms with E-state index in [1.165, 1.54) is 57.8 Å². The van der Waals surface area contributed by atoms with Crippen LogP contribution in [0.2, 0.25) is 0 Å². The van der Waals surface area contributed by atoms with Gasteiger partial charge in [0.05, 0.1) is 6.04 Å². The Kier molecular flexibility index (Phi) is 8.33. The first kappa shape index (κ1) is 14.7. The Morgan fingerprint density at radius 3 is 2.47 bits per heavy atom. The van der Waals surface area contributed by atoms with Gasteiger partial charge in [-0.05, 0) is 32.4 Å². The zero-order valence-electron chi connectivity index (χ0n) is 11.5. The summed E-state index contributed by atoms with van der Waals surface area (Å²) < 4.78 is 0. The van der Waals surface area contributed by atoms with Gasteiger partial charge in [-0.3, -0.25) is 4.90 Å². The van der Waals surface area contributed by atoms with Crippen molar-refractivity contribution in [2.24, 2.45) is 0 Å². The summed E-state index contributed by atoms with van der Waals surface area (Å²) in [6, 6.07) is 0.226. The third kappa shape index (κ3) is 6.21. The maximum absolute atomic E-state index is 10.9. The minimum Gasteiger partial charge on any atom is -0.302 e. The Morgan fingerprint density at radius 2 is 1.76 bits per heavy atom. The Hall–Kier alpha value is -0.370. The van der Waals surface area contributed by atoms with Crippen LogP contribution in [0.4, 0.5) is 0 Å². The highest BCUT2D eigenvalue weighted by Gasteiger charge is 2.20. The van der Waals surface area contributed by atoms with Gasteiger partial charge in [-0.1, -0.05) is 51.9 Å². The molecular weight excluding hydrogens is 210 g/mol. The molecule has 0 bridgehead atoms. The molecule has 1 rings (SSSR count). The Bertz CT molecular complexity index is 193. The van der Waals surface area contributed by atoms with Gasteiger partial charge in [0.15, 0.2) is 0 Å². The summed E-state index contributed by atoms with van der Waals surface area (Å²) in [6.45, 7) is 4.53. The number of nitrogens with zero attached hydrogens (tertiary/aromatic N) is 1. The second-order valence-electron chi connectivity index (χ2n) is 5.36. The Balaban J connectivity index is 1.99. The maximum Gasteiger partial charge on any atom is 0.137 e. The molecule has 2 nitrogen and oxygen atoms in total. The number of likely N-dealkylation sites (tertiary alicyclic amines) is 1. The molecule has 0 aromatic rings. The van der Waals surface area contributed by atoms with Crippen molar-refractivity contribution in [1.29, 1.82) is 0 Å². The molecule has 1 saturated heterocycles. The van der Waals surface area contributed by atoms with Crippen LogP contribution in [-0.2, 0) is 4.79 Å². The van der Waals surface area contributed by atoms with E-state index in [2.05, 4.69) is 11.8 Å². The standard InChI is InChI=1S/C15H29NO/c1-2-3-4-5-6-7-9-12-16-13-10-8-11-15(16)14-17/h14-15H,2-13H2,1H3. The quantitative estimate of drug-likeness (QED) is 0.451. The normalized spacial score (nSPS) is 21.6. The second kappa shape index (κ2) is 9.64. The minimum atomic E-state index is 0.226. The molecule has 1 fully saturated rings. The largest absolute Gasteiger partial charge is 0.302 e. The monoisotopic (exact) mass is 239 g/mol. The number of carbonyl (C=O) groups is 1. The molecule has 0 aromatic carbocycles. The third-order valence-electron chi connectivity index (χ3n) is 3.87. The van der Waals surface area contributed by atoms with Gasteiger partial charge in [-0.25, -0.2) is 0 Å². The predicted molar refractivity (Wildman–Crippen MR) is 73.3 cm³/mol. The van der Waals surface area contributed by atoms with Crippen molar-refractivity contribution < 1.29 is 4.79 Å². The fraction of sp³-hybridized carbons (Fsp3) is 0.933. The minimum absolute atomic E-state index is 0.226. The number of hydrogen-bond acceptors (Lipinski definition) is 2. The highest BCUT2D eigenvalue weighted by Crippen LogP contribution is 2.16. The average Bonchev–Trinajstić information content (AvgIpc) is 2.38. The molecule has 0 aromatic heterocycles. The van der Waals surface area contributed by atoms with Crippen LogP contribution in [0, 0.1) is 0 Å². The smallest absolute Gasteiger partial charge is 0.137 e. The van der Waals surface area contributed by atoms with E-state index in [0.717, 1.165) is 25.8 Å². The number of unbranched alkanes of at least 4 members (excludes halogenated alkanes) is 6. The van der Waals surface area contributed by atoms with Gasteiger partial charge in [-0.2, -0.15) is 0 Å². The molecule has 0 amide bonds. The van der Waals surface area contributed by atoms with Crippen LogP contribution < -0.4 is 0 Å². The van der Waals surface area contributed by atoms with Crippen LogP contribution in [0.25, 0.3) is 0 Å². The van der Waals surface area contributed by atoms with E-state index in [0.29, 0.717) is 0 Å². The molecule has 1 unspecified atom stereocenters. The average molecular weight is 239 g/mol. The number of piperidine rings is 1. The van der Waals surface area contributed by atoms with Crippen LogP contribution in [0.1, 0.15) is 71.1 Å². The Morgan fingerprint density at radius 1 is 1.06 bits per heavy atom. The van der Waals surface area contributed by atoms with E-state index in [4.69, 9.17) is 0 Å². The second-order valence-corrected chi connectivity index (χ2v) is 5.36. The van der Waals surface area contributed by atoms with Crippen molar-refractivity contribution in [3.63, 3.8) is 0 Å². The third-order valence-corrected chi connectivity index (χ3v) is 3.87. The summed E-state index contributed by atoms with van der Waals surface area (Å²) >= 11 is 0. The molecule has 0 spiro atoms. The van der Waals surface area contributed by atoms with Gasteiger partial charge >= 0.3 is 0 Å². The van der Waals surface area contributed by atoms with Crippen LogP contribution >= 0.6 is 0 Å². The van der Waals surface area contributed by atoms with E-state index >= 15 is 0 Å². The van der Waals surface area contributed by atoms with E-state index < -0.39 is 0 Å². The summed E-state index contributed by atoms with van der Waals surface area (Å²) in [6.07, 6.45) is 14.2. The molecule has 1 heterocycles. The first-order valence-electron chi connectivity index (χ1n) is 7.58. The molecule has 1 aliphatic rings. The molecule has 1 atom stereocenters. The fourth-order valence-corrected chi connectivity index (χ4v) is 2.72. The molecule has 0 saturated carbocycles. The van der Waals surface area contributed by atoms with Crippen LogP contribution in [0.15, 0.2) is 0 Å². The lowest BCUT2D eigenvalue weighted by molar-refractivity contribution is -0.113. The highest BCUT2D eigenvalue weighted by molar-refractivity contribution is 5.57. The lowest BCUT2D eigenvalue weighted by Gasteiger charge is -2.32. The summed E-state index contributed by atoms with van der Waals surface area (Å²) in [5.74, 6) is 0. The molecule has 0 aliphatic carbocycles. The highest BCUT2D eigenvalue weighted by atomic mass is 16.1. The first-order valence-corrected chi connectivity index (χ1v) is 7.58. The van der Waals surface area contributed by atoms with Crippen LogP contribution in [-0.4, -0.2) is 30.3 Å². The van der Waals surface area contributed by atoms with Crippen molar-refractivity contribution in [1.82, 2.24) is 4.90 Å². The van der Waals surface area contributed by atoms with E-state index in [1.54, 1.807) is 0 Å². The van der Waals surface area contributed by atoms with Gasteiger partial charge < -0.3 is 4.79 Å². The zero-order chi connectivity index (χ0) is 12.3. The number of aldehydes is 1. The molecule has 2 heteroatoms. The van der Waals surface area contributed by atoms with Gasteiger partial charge in [0.2, 0.25) is 0 Å². The lowest BCUT2D eigenvalue weighted by Crippen LogP contribution is -2.40. The molecular formula is C15H29NO. The number of hydrogen-bond donors (Lipinski definition) is 0. The topological polar surface area (TPSA) is 20.3 Å². The van der Waals surface area contributed by atoms with Crippen molar-refractivity contribution >= 4 is 6.29 Å². The van der Waals surface area contributed by atoms with Gasteiger partial charge in [0, 0.05) is 0 Å². The van der Waals surface area contributed by atoms with Crippen LogP contribution in [0.5, 0.6) is 0 Å². The molecule has 100 valence electrons. The van der Waals surface area contributed by atoms with Gasteiger partial charge in [0.25, 0.3) is 0 Å². The zero-order valence-corrected chi connectivity index (χ0v) is 11.5. The molecule has 0 radical (unpaired) electrons. The van der Waals surface area contributed by atoms with Crippen molar-refractivity contribution in [2.75, 3.05) is 13.1 Å². The fourth-order valence-electron chi connectivity index (χ4n) is 2.72. The maximum atomic E-state index is 10.9. The van der Waals surface area contributed by atoms with Crippen LogP contribution in [0.3, 0.4) is 0 Å². The van der Waals surface area contributed by atoms with Crippen molar-refractivity contribution in [3.05, 3.63) is 0 Å². The van der Waals surface area contributed by atoms with E-state index in [9.17, 15) is 4.79 Å². The van der Waals surface area contributed by atoms with Gasteiger partial charge in [0.1, 0.15) is 6.29 Å². The lowest BCUT2D eigenvalue weighted by atomic mass is 10.0. The number of carbonyl (C=O) groups excluding carboxylic acids is 1. The predicted octanol–water partition coefficient (Wildman–Crippen LogP) is 3.79. The van der Waals surface area contributed by atoms with E-state index in [-0.39, 0.29) is 6.04 Å². The molecule has 1 aliphatic heterocycles. The molecule has 17 heavy (non-hydrogen) atoms. The number of rotatable bonds is 9. The first-order chi connectivity index (χ1) is 8.38. The summed E-state index contributed by atoms with van der Waals surface area (Å²) in [7, 11) is 0. The van der Waals surface area contributed by atoms with Gasteiger partial charge in [-0.15, -0.1) is 0 Å². The summed E-state index contributed by atoms with van der Waals surface area (Å²) in [5, 5.41) is 0. The van der Waals surface area contributed by atoms with E-state index in [1.807, 2.05) is 0 Å². The summed E-state index contributed by atoms with van der Waals surface area (Å²) in [4.78, 5) is 13.3. The van der Waals surface area contributed by atoms with Crippen molar-refractivity contribution in [3.8, 4) is 0 Å². The Labute approximate surface area is 107 Å². The summed E-state index contributed by atoms with van der Waals surface area (Å²) in [5.41, 5.74) is 0. The molecule has 0 N–H and O–H groups in total.